The van der Waals surface area contributed by atoms with Crippen molar-refractivity contribution in [3.8, 4) is 0 Å². The molecular formula is C8H12N4O2. The van der Waals surface area contributed by atoms with Gasteiger partial charge >= 0.3 is 5.97 Å². The molecule has 0 unspecified atom stereocenters. The fourth-order valence-corrected chi connectivity index (χ4v) is 1.04. The van der Waals surface area contributed by atoms with Gasteiger partial charge in [-0.3, -0.25) is 0 Å². The summed E-state index contributed by atoms with van der Waals surface area (Å²) in [5, 5.41) is 16.0. The van der Waals surface area contributed by atoms with E-state index in [1.807, 2.05) is 18.7 Å². The van der Waals surface area contributed by atoms with Crippen LogP contribution in [0.1, 0.15) is 24.3 Å². The van der Waals surface area contributed by atoms with Gasteiger partial charge in [0, 0.05) is 13.1 Å². The molecule has 1 aromatic heterocycles. The van der Waals surface area contributed by atoms with Crippen LogP contribution in [0, 0.1) is 0 Å². The zero-order chi connectivity index (χ0) is 10.6. The van der Waals surface area contributed by atoms with E-state index in [9.17, 15) is 4.79 Å². The Morgan fingerprint density at radius 2 is 2.14 bits per heavy atom. The molecule has 1 N–H and O–H groups in total. The lowest BCUT2D eigenvalue weighted by atomic mass is 10.5. The largest absolute Gasteiger partial charge is 0.476 e. The van der Waals surface area contributed by atoms with E-state index in [0.717, 1.165) is 19.3 Å². The fourth-order valence-electron chi connectivity index (χ4n) is 1.04. The van der Waals surface area contributed by atoms with Crippen molar-refractivity contribution in [1.29, 1.82) is 0 Å². The first kappa shape index (κ1) is 10.4. The van der Waals surface area contributed by atoms with Crippen molar-refractivity contribution < 1.29 is 9.90 Å². The third kappa shape index (κ3) is 2.15. The highest BCUT2D eigenvalue weighted by atomic mass is 16.4. The maximum Gasteiger partial charge on any atom is 0.356 e. The number of nitrogens with zero attached hydrogens (tertiary/aromatic N) is 4. The van der Waals surface area contributed by atoms with Gasteiger partial charge in [-0.25, -0.2) is 9.78 Å². The fraction of sp³-hybridized carbons (Fsp3) is 0.500. The summed E-state index contributed by atoms with van der Waals surface area (Å²) in [5.74, 6) is -0.733. The first-order valence-electron chi connectivity index (χ1n) is 4.37. The minimum atomic E-state index is -1.09. The van der Waals surface area contributed by atoms with Crippen molar-refractivity contribution in [2.45, 2.75) is 13.8 Å². The third-order valence-corrected chi connectivity index (χ3v) is 1.81. The number of carboxylic acids is 1. The van der Waals surface area contributed by atoms with Crippen LogP contribution in [0.2, 0.25) is 0 Å². The van der Waals surface area contributed by atoms with E-state index < -0.39 is 5.97 Å². The van der Waals surface area contributed by atoms with Crippen LogP contribution in [0.4, 0.5) is 5.95 Å². The van der Waals surface area contributed by atoms with E-state index in [2.05, 4.69) is 15.2 Å². The molecule has 0 saturated heterocycles. The maximum atomic E-state index is 10.6. The lowest BCUT2D eigenvalue weighted by molar-refractivity contribution is 0.0689. The van der Waals surface area contributed by atoms with Crippen LogP contribution in [-0.4, -0.2) is 39.3 Å². The van der Waals surface area contributed by atoms with E-state index in [4.69, 9.17) is 5.11 Å². The summed E-state index contributed by atoms with van der Waals surface area (Å²) in [7, 11) is 0. The summed E-state index contributed by atoms with van der Waals surface area (Å²) in [5.41, 5.74) is -0.0816. The van der Waals surface area contributed by atoms with Crippen LogP contribution in [-0.2, 0) is 0 Å². The minimum Gasteiger partial charge on any atom is -0.476 e. The van der Waals surface area contributed by atoms with Crippen molar-refractivity contribution >= 4 is 11.9 Å². The van der Waals surface area contributed by atoms with Gasteiger partial charge in [0.05, 0.1) is 6.20 Å². The van der Waals surface area contributed by atoms with Crippen molar-refractivity contribution in [1.82, 2.24) is 15.2 Å². The molecule has 6 nitrogen and oxygen atoms in total. The number of rotatable bonds is 4. The predicted molar refractivity (Wildman–Crippen MR) is 50.3 cm³/mol. The first-order chi connectivity index (χ1) is 6.69. The molecule has 0 saturated carbocycles. The van der Waals surface area contributed by atoms with Gasteiger partial charge in [0.1, 0.15) is 0 Å². The van der Waals surface area contributed by atoms with Gasteiger partial charge in [-0.05, 0) is 13.8 Å². The van der Waals surface area contributed by atoms with Gasteiger partial charge in [-0.2, -0.15) is 5.10 Å². The number of carboxylic acid groups (broad SMARTS) is 1. The van der Waals surface area contributed by atoms with E-state index in [-0.39, 0.29) is 5.69 Å². The molecule has 0 amide bonds. The van der Waals surface area contributed by atoms with Crippen molar-refractivity contribution in [3.05, 3.63) is 11.9 Å². The van der Waals surface area contributed by atoms with Crippen LogP contribution >= 0.6 is 0 Å². The molecule has 76 valence electrons. The van der Waals surface area contributed by atoms with Crippen LogP contribution in [0.15, 0.2) is 6.20 Å². The lowest BCUT2D eigenvalue weighted by Crippen LogP contribution is -2.25. The van der Waals surface area contributed by atoms with E-state index in [0.29, 0.717) is 5.95 Å². The Balaban J connectivity index is 2.98. The van der Waals surface area contributed by atoms with Gasteiger partial charge in [0.25, 0.3) is 0 Å². The second kappa shape index (κ2) is 4.50. The molecule has 1 heterocycles. The lowest BCUT2D eigenvalue weighted by Gasteiger charge is -2.17. The van der Waals surface area contributed by atoms with Crippen LogP contribution in [0.3, 0.4) is 0 Å². The Kier molecular flexibility index (Phi) is 3.33. The minimum absolute atomic E-state index is 0.0816. The second-order valence-electron chi connectivity index (χ2n) is 2.62. The Morgan fingerprint density at radius 1 is 1.50 bits per heavy atom. The Bertz CT molecular complexity index is 325. The van der Waals surface area contributed by atoms with Crippen molar-refractivity contribution in [2.75, 3.05) is 18.0 Å². The molecule has 6 heteroatoms. The summed E-state index contributed by atoms with van der Waals surface area (Å²) in [6, 6.07) is 0. The molecule has 0 aromatic carbocycles. The summed E-state index contributed by atoms with van der Waals surface area (Å²) in [6.07, 6.45) is 1.13. The van der Waals surface area contributed by atoms with E-state index in [1.54, 1.807) is 0 Å². The molecule has 0 aliphatic rings. The van der Waals surface area contributed by atoms with Crippen LogP contribution in [0.5, 0.6) is 0 Å². The molecule has 1 aromatic rings. The Hall–Kier alpha value is -1.72. The standard InChI is InChI=1S/C8H12N4O2/c1-3-12(4-2)8-10-6(7(13)14)5-9-11-8/h5H,3-4H2,1-2H3,(H,13,14). The van der Waals surface area contributed by atoms with Crippen LogP contribution in [0.25, 0.3) is 0 Å². The molecule has 0 aliphatic heterocycles. The number of hydrogen-bond donors (Lipinski definition) is 1. The molecule has 0 bridgehead atoms. The van der Waals surface area contributed by atoms with Crippen molar-refractivity contribution in [3.63, 3.8) is 0 Å². The average Bonchev–Trinajstić information content (AvgIpc) is 2.20. The van der Waals surface area contributed by atoms with Gasteiger partial charge in [-0.1, -0.05) is 0 Å². The SMILES string of the molecule is CCN(CC)c1nncc(C(=O)O)n1. The van der Waals surface area contributed by atoms with E-state index in [1.165, 1.54) is 0 Å². The van der Waals surface area contributed by atoms with Gasteiger partial charge in [0.2, 0.25) is 5.95 Å². The van der Waals surface area contributed by atoms with E-state index >= 15 is 0 Å². The summed E-state index contributed by atoms with van der Waals surface area (Å²) in [6.45, 7) is 5.34. The van der Waals surface area contributed by atoms with Gasteiger partial charge in [0.15, 0.2) is 5.69 Å². The summed E-state index contributed by atoms with van der Waals surface area (Å²) in [4.78, 5) is 16.3. The topological polar surface area (TPSA) is 79.2 Å². The Morgan fingerprint density at radius 3 is 2.64 bits per heavy atom. The number of hydrogen-bond acceptors (Lipinski definition) is 5. The summed E-state index contributed by atoms with van der Waals surface area (Å²) < 4.78 is 0. The molecule has 14 heavy (non-hydrogen) atoms. The number of aromatic carboxylic acids is 1. The second-order valence-corrected chi connectivity index (χ2v) is 2.62. The van der Waals surface area contributed by atoms with Gasteiger partial charge in [-0.15, -0.1) is 5.10 Å². The average molecular weight is 196 g/mol. The monoisotopic (exact) mass is 196 g/mol. The molecule has 0 atom stereocenters. The number of anilines is 1. The maximum absolute atomic E-state index is 10.6. The number of aromatic nitrogens is 3. The molecule has 0 spiro atoms. The third-order valence-electron chi connectivity index (χ3n) is 1.81. The smallest absolute Gasteiger partial charge is 0.356 e. The quantitative estimate of drug-likeness (QED) is 0.751. The summed E-state index contributed by atoms with van der Waals surface area (Å²) >= 11 is 0. The molecule has 0 aliphatic carbocycles. The van der Waals surface area contributed by atoms with Crippen LogP contribution < -0.4 is 4.90 Å². The predicted octanol–water partition coefficient (Wildman–Crippen LogP) is 0.416. The normalized spacial score (nSPS) is 9.86. The Labute approximate surface area is 81.6 Å². The highest BCUT2D eigenvalue weighted by molar-refractivity contribution is 5.85. The highest BCUT2D eigenvalue weighted by Crippen LogP contribution is 2.04. The first-order valence-corrected chi connectivity index (χ1v) is 4.37. The number of carbonyl (C=O) groups is 1. The zero-order valence-electron chi connectivity index (χ0n) is 8.14. The molecule has 0 fully saturated rings. The van der Waals surface area contributed by atoms with Crippen molar-refractivity contribution in [2.24, 2.45) is 0 Å². The molecular weight excluding hydrogens is 184 g/mol. The zero-order valence-corrected chi connectivity index (χ0v) is 8.14. The molecule has 0 radical (unpaired) electrons. The van der Waals surface area contributed by atoms with Gasteiger partial charge < -0.3 is 10.0 Å². The highest BCUT2D eigenvalue weighted by Gasteiger charge is 2.10. The molecule has 1 rings (SSSR count).